The fourth-order valence-corrected chi connectivity index (χ4v) is 1.66. The number of nitrogens with zero attached hydrogens (tertiary/aromatic N) is 1. The highest BCUT2D eigenvalue weighted by Crippen LogP contribution is 2.21. The van der Waals surface area contributed by atoms with E-state index in [0.717, 1.165) is 5.56 Å². The van der Waals surface area contributed by atoms with Crippen LogP contribution in [0.4, 0.5) is 0 Å². The normalized spacial score (nSPS) is 10.4. The zero-order chi connectivity index (χ0) is 13.7. The van der Waals surface area contributed by atoms with Gasteiger partial charge in [0.1, 0.15) is 5.76 Å². The number of benzene rings is 1. The Morgan fingerprint density at radius 2 is 2.11 bits per heavy atom. The molecule has 0 bridgehead atoms. The number of nitrogens with one attached hydrogen (secondary N) is 1. The summed E-state index contributed by atoms with van der Waals surface area (Å²) in [5.74, 6) is 0.712. The molecular formula is C14H16N2O3. The number of methoxy groups -OCH3 is 1. The van der Waals surface area contributed by atoms with E-state index in [4.69, 9.17) is 9.15 Å². The molecule has 0 aliphatic heterocycles. The number of aromatic nitrogens is 1. The van der Waals surface area contributed by atoms with Crippen molar-refractivity contribution < 1.29 is 13.9 Å². The van der Waals surface area contributed by atoms with Gasteiger partial charge in [-0.15, -0.1) is 0 Å². The van der Waals surface area contributed by atoms with Crippen LogP contribution in [0.2, 0.25) is 0 Å². The van der Waals surface area contributed by atoms with Crippen LogP contribution >= 0.6 is 0 Å². The van der Waals surface area contributed by atoms with Crippen LogP contribution in [0.3, 0.4) is 0 Å². The minimum Gasteiger partial charge on any atom is -0.441 e. The maximum Gasteiger partial charge on any atom is 0.273 e. The van der Waals surface area contributed by atoms with Gasteiger partial charge in [-0.05, 0) is 19.1 Å². The molecule has 0 saturated heterocycles. The maximum absolute atomic E-state index is 11.9. The van der Waals surface area contributed by atoms with E-state index in [1.165, 1.54) is 0 Å². The van der Waals surface area contributed by atoms with Gasteiger partial charge in [0.2, 0.25) is 5.89 Å². The second-order valence-corrected chi connectivity index (χ2v) is 4.04. The molecule has 0 aliphatic rings. The highest BCUT2D eigenvalue weighted by molar-refractivity contribution is 5.93. The predicted molar refractivity (Wildman–Crippen MR) is 70.9 cm³/mol. The number of hydrogen-bond acceptors (Lipinski definition) is 4. The lowest BCUT2D eigenvalue weighted by Crippen LogP contribution is -2.27. The van der Waals surface area contributed by atoms with Crippen molar-refractivity contribution in [2.75, 3.05) is 20.3 Å². The Labute approximate surface area is 111 Å². The average Bonchev–Trinajstić information content (AvgIpc) is 2.82. The van der Waals surface area contributed by atoms with E-state index in [9.17, 15) is 4.79 Å². The summed E-state index contributed by atoms with van der Waals surface area (Å²) in [6.07, 6.45) is 0. The van der Waals surface area contributed by atoms with E-state index in [0.29, 0.717) is 30.5 Å². The fraction of sp³-hybridized carbons (Fsp3) is 0.286. The van der Waals surface area contributed by atoms with Crippen LogP contribution in [0.25, 0.3) is 11.5 Å². The SMILES string of the molecule is COCCNC(=O)c1nc(-c2ccccc2)oc1C. The van der Waals surface area contributed by atoms with Crippen LogP contribution in [0.5, 0.6) is 0 Å². The zero-order valence-electron chi connectivity index (χ0n) is 11.0. The van der Waals surface area contributed by atoms with Crippen LogP contribution in [0, 0.1) is 6.92 Å². The van der Waals surface area contributed by atoms with Crippen molar-refractivity contribution >= 4 is 5.91 Å². The summed E-state index contributed by atoms with van der Waals surface area (Å²) >= 11 is 0. The summed E-state index contributed by atoms with van der Waals surface area (Å²) in [7, 11) is 1.58. The van der Waals surface area contributed by atoms with Crippen molar-refractivity contribution in [1.82, 2.24) is 10.3 Å². The van der Waals surface area contributed by atoms with Crippen LogP contribution in [0.1, 0.15) is 16.2 Å². The van der Waals surface area contributed by atoms with Gasteiger partial charge in [0, 0.05) is 19.2 Å². The number of hydrogen-bond donors (Lipinski definition) is 1. The molecule has 5 nitrogen and oxygen atoms in total. The van der Waals surface area contributed by atoms with Gasteiger partial charge in [0.15, 0.2) is 5.69 Å². The number of carbonyl (C=O) groups excluding carboxylic acids is 1. The molecule has 0 saturated carbocycles. The summed E-state index contributed by atoms with van der Waals surface area (Å²) < 4.78 is 10.4. The number of oxazole rings is 1. The molecule has 1 amide bonds. The second-order valence-electron chi connectivity index (χ2n) is 4.04. The molecule has 19 heavy (non-hydrogen) atoms. The van der Waals surface area contributed by atoms with Gasteiger partial charge in [0.25, 0.3) is 5.91 Å². The number of ether oxygens (including phenoxy) is 1. The number of carbonyl (C=O) groups is 1. The summed E-state index contributed by atoms with van der Waals surface area (Å²) in [4.78, 5) is 16.1. The molecule has 0 aliphatic carbocycles. The van der Waals surface area contributed by atoms with Crippen molar-refractivity contribution in [2.24, 2.45) is 0 Å². The molecule has 0 fully saturated rings. The minimum absolute atomic E-state index is 0.250. The highest BCUT2D eigenvalue weighted by atomic mass is 16.5. The summed E-state index contributed by atoms with van der Waals surface area (Å²) in [5, 5.41) is 2.72. The Hall–Kier alpha value is -2.14. The van der Waals surface area contributed by atoms with Gasteiger partial charge >= 0.3 is 0 Å². The molecular weight excluding hydrogens is 244 g/mol. The van der Waals surface area contributed by atoms with Crippen molar-refractivity contribution in [2.45, 2.75) is 6.92 Å². The summed E-state index contributed by atoms with van der Waals surface area (Å²) in [6.45, 7) is 2.64. The standard InChI is InChI=1S/C14H16N2O3/c1-10-12(13(17)15-8-9-18-2)16-14(19-10)11-6-4-3-5-7-11/h3-7H,8-9H2,1-2H3,(H,15,17). The Morgan fingerprint density at radius 3 is 2.79 bits per heavy atom. The molecule has 1 heterocycles. The van der Waals surface area contributed by atoms with E-state index >= 15 is 0 Å². The van der Waals surface area contributed by atoms with Gasteiger partial charge in [-0.1, -0.05) is 18.2 Å². The van der Waals surface area contributed by atoms with Crippen LogP contribution < -0.4 is 5.32 Å². The zero-order valence-corrected chi connectivity index (χ0v) is 11.0. The number of aryl methyl sites for hydroxylation is 1. The van der Waals surface area contributed by atoms with Crippen molar-refractivity contribution in [1.29, 1.82) is 0 Å². The van der Waals surface area contributed by atoms with Crippen LogP contribution in [-0.2, 0) is 4.74 Å². The predicted octanol–water partition coefficient (Wildman–Crippen LogP) is 2.03. The molecule has 2 aromatic rings. The molecule has 0 spiro atoms. The third-order valence-electron chi connectivity index (χ3n) is 2.62. The molecule has 5 heteroatoms. The van der Waals surface area contributed by atoms with Crippen molar-refractivity contribution in [3.05, 3.63) is 41.8 Å². The number of amides is 1. The third-order valence-corrected chi connectivity index (χ3v) is 2.62. The highest BCUT2D eigenvalue weighted by Gasteiger charge is 2.17. The Balaban J connectivity index is 2.15. The molecule has 1 aromatic heterocycles. The third kappa shape index (κ3) is 3.20. The first kappa shape index (κ1) is 13.3. The lowest BCUT2D eigenvalue weighted by atomic mass is 10.2. The van der Waals surface area contributed by atoms with Gasteiger partial charge in [-0.25, -0.2) is 4.98 Å². The van der Waals surface area contributed by atoms with Gasteiger partial charge in [0.05, 0.1) is 6.61 Å². The fourth-order valence-electron chi connectivity index (χ4n) is 1.66. The Bertz CT molecular complexity index is 549. The van der Waals surface area contributed by atoms with Gasteiger partial charge in [-0.3, -0.25) is 4.79 Å². The van der Waals surface area contributed by atoms with E-state index in [2.05, 4.69) is 10.3 Å². The lowest BCUT2D eigenvalue weighted by molar-refractivity contribution is 0.0931. The molecule has 1 N–H and O–H groups in total. The van der Waals surface area contributed by atoms with E-state index < -0.39 is 0 Å². The first-order chi connectivity index (χ1) is 9.22. The first-order valence-electron chi connectivity index (χ1n) is 6.02. The van der Waals surface area contributed by atoms with Gasteiger partial charge < -0.3 is 14.5 Å². The maximum atomic E-state index is 11.9. The van der Waals surface area contributed by atoms with Crippen LogP contribution in [-0.4, -0.2) is 31.2 Å². The Kier molecular flexibility index (Phi) is 4.30. The topological polar surface area (TPSA) is 64.4 Å². The Morgan fingerprint density at radius 1 is 1.37 bits per heavy atom. The summed E-state index contributed by atoms with van der Waals surface area (Å²) in [5.41, 5.74) is 1.16. The smallest absolute Gasteiger partial charge is 0.273 e. The lowest BCUT2D eigenvalue weighted by Gasteiger charge is -2.01. The van der Waals surface area contributed by atoms with Crippen molar-refractivity contribution in [3.63, 3.8) is 0 Å². The largest absolute Gasteiger partial charge is 0.441 e. The average molecular weight is 260 g/mol. The summed E-state index contributed by atoms with van der Waals surface area (Å²) in [6, 6.07) is 9.48. The minimum atomic E-state index is -0.250. The molecule has 2 rings (SSSR count). The van der Waals surface area contributed by atoms with E-state index in [1.54, 1.807) is 14.0 Å². The molecule has 1 aromatic carbocycles. The first-order valence-corrected chi connectivity index (χ1v) is 6.02. The molecule has 100 valence electrons. The van der Waals surface area contributed by atoms with E-state index in [-0.39, 0.29) is 5.91 Å². The molecule has 0 radical (unpaired) electrons. The van der Waals surface area contributed by atoms with E-state index in [1.807, 2.05) is 30.3 Å². The van der Waals surface area contributed by atoms with Crippen LogP contribution in [0.15, 0.2) is 34.7 Å². The monoisotopic (exact) mass is 260 g/mol. The second kappa shape index (κ2) is 6.15. The quantitative estimate of drug-likeness (QED) is 0.835. The molecule has 0 unspecified atom stereocenters. The molecule has 0 atom stereocenters. The van der Waals surface area contributed by atoms with Crippen molar-refractivity contribution in [3.8, 4) is 11.5 Å². The number of rotatable bonds is 5. The van der Waals surface area contributed by atoms with Gasteiger partial charge in [-0.2, -0.15) is 0 Å².